The van der Waals surface area contributed by atoms with Crippen LogP contribution in [0.4, 0.5) is 28.4 Å². The predicted octanol–water partition coefficient (Wildman–Crippen LogP) is 17.2. The second kappa shape index (κ2) is 17.3. The van der Waals surface area contributed by atoms with Gasteiger partial charge >= 0.3 is 0 Å². The molecule has 2 unspecified atom stereocenters. The normalized spacial score (nSPS) is 14.6. The van der Waals surface area contributed by atoms with E-state index < -0.39 is 0 Å². The van der Waals surface area contributed by atoms with Gasteiger partial charge in [-0.3, -0.25) is 0 Å². The Bertz CT molecular complexity index is 4190. The third-order valence-corrected chi connectivity index (χ3v) is 15.2. The lowest BCUT2D eigenvalue weighted by Gasteiger charge is -2.32. The summed E-state index contributed by atoms with van der Waals surface area (Å²) >= 11 is 0. The van der Waals surface area contributed by atoms with Crippen molar-refractivity contribution < 1.29 is 0 Å². The Morgan fingerprint density at radius 1 is 0.306 bits per heavy atom. The fourth-order valence-corrected chi connectivity index (χ4v) is 11.9. The number of benzene rings is 12. The van der Waals surface area contributed by atoms with E-state index in [1.165, 1.54) is 81.9 Å². The Hall–Kier alpha value is -9.24. The summed E-state index contributed by atoms with van der Waals surface area (Å²) in [6.45, 7) is 0. The van der Waals surface area contributed by atoms with Crippen LogP contribution in [-0.4, -0.2) is 6.04 Å². The Morgan fingerprint density at radius 3 is 1.71 bits per heavy atom. The average Bonchev–Trinajstić information content (AvgIpc) is 3.77. The van der Waals surface area contributed by atoms with Crippen molar-refractivity contribution in [2.45, 2.75) is 12.0 Å². The van der Waals surface area contributed by atoms with Gasteiger partial charge in [0.25, 0.3) is 0 Å². The van der Waals surface area contributed by atoms with Gasteiger partial charge in [-0.1, -0.05) is 231 Å². The molecular weight excluding hydrogens is 869 g/mol. The maximum atomic E-state index is 2.59. The highest BCUT2D eigenvalue weighted by atomic mass is 15.2. The van der Waals surface area contributed by atoms with Gasteiger partial charge in [0.05, 0.1) is 17.4 Å². The van der Waals surface area contributed by atoms with Crippen LogP contribution in [0.3, 0.4) is 0 Å². The zero-order valence-corrected chi connectivity index (χ0v) is 39.6. The van der Waals surface area contributed by atoms with Crippen molar-refractivity contribution in [1.82, 2.24) is 0 Å². The molecule has 0 saturated carbocycles. The maximum absolute atomic E-state index is 2.59. The quantitative estimate of drug-likeness (QED) is 0.140. The molecule has 2 nitrogen and oxygen atoms in total. The number of fused-ring (bicyclic) bond motifs is 8. The number of nitrogens with zero attached hydrogens (tertiary/aromatic N) is 2. The molecule has 0 aromatic heterocycles. The topological polar surface area (TPSA) is 6.48 Å². The molecule has 12 aromatic carbocycles. The van der Waals surface area contributed by atoms with Gasteiger partial charge in [0.2, 0.25) is 0 Å². The minimum Gasteiger partial charge on any atom is -0.333 e. The fourth-order valence-electron chi connectivity index (χ4n) is 11.9. The van der Waals surface area contributed by atoms with Crippen molar-refractivity contribution in [2.75, 3.05) is 9.80 Å². The van der Waals surface area contributed by atoms with Crippen LogP contribution in [0.15, 0.2) is 267 Å². The molecule has 1 aliphatic carbocycles. The van der Waals surface area contributed by atoms with E-state index in [1.54, 1.807) is 0 Å². The monoisotopic (exact) mass is 916 g/mol. The summed E-state index contributed by atoms with van der Waals surface area (Å²) in [5, 5.41) is 10.0. The maximum Gasteiger partial charge on any atom is 0.0635 e. The van der Waals surface area contributed by atoms with Crippen molar-refractivity contribution in [3.05, 3.63) is 283 Å². The van der Waals surface area contributed by atoms with Crippen LogP contribution in [-0.2, 0) is 0 Å². The van der Waals surface area contributed by atoms with Crippen LogP contribution < -0.4 is 20.2 Å². The molecule has 72 heavy (non-hydrogen) atoms. The Balaban J connectivity index is 0.983. The van der Waals surface area contributed by atoms with Crippen molar-refractivity contribution in [1.29, 1.82) is 0 Å². The van der Waals surface area contributed by atoms with E-state index >= 15 is 0 Å². The summed E-state index contributed by atoms with van der Waals surface area (Å²) in [5.74, 6) is 0.242. The molecule has 1 aliphatic heterocycles. The van der Waals surface area contributed by atoms with Crippen LogP contribution in [0.2, 0.25) is 0 Å². The molecule has 0 spiro atoms. The molecule has 2 heteroatoms. The van der Waals surface area contributed by atoms with Gasteiger partial charge in [-0.25, -0.2) is 0 Å². The smallest absolute Gasteiger partial charge is 0.0635 e. The van der Waals surface area contributed by atoms with Gasteiger partial charge in [-0.05, 0) is 125 Å². The van der Waals surface area contributed by atoms with Gasteiger partial charge < -0.3 is 9.80 Å². The second-order valence-corrected chi connectivity index (χ2v) is 19.1. The third kappa shape index (κ3) is 6.94. The zero-order chi connectivity index (χ0) is 47.5. The molecule has 1 heterocycles. The largest absolute Gasteiger partial charge is 0.333 e. The van der Waals surface area contributed by atoms with E-state index in [4.69, 9.17) is 0 Å². The molecule has 2 aliphatic rings. The van der Waals surface area contributed by atoms with Crippen molar-refractivity contribution >= 4 is 72.9 Å². The molecule has 0 bridgehead atoms. The van der Waals surface area contributed by atoms with E-state index in [0.29, 0.717) is 0 Å². The van der Waals surface area contributed by atoms with Crippen molar-refractivity contribution in [3.63, 3.8) is 0 Å². The number of hydrogen-bond donors (Lipinski definition) is 0. The number of anilines is 5. The Morgan fingerprint density at radius 2 is 0.875 bits per heavy atom. The summed E-state index contributed by atoms with van der Waals surface area (Å²) < 4.78 is 0. The van der Waals surface area contributed by atoms with Gasteiger partial charge in [0, 0.05) is 39.7 Å². The molecule has 12 aromatic rings. The van der Waals surface area contributed by atoms with Gasteiger partial charge in [-0.2, -0.15) is 0 Å². The van der Waals surface area contributed by atoms with E-state index in [-0.39, 0.29) is 12.0 Å². The average molecular weight is 917 g/mol. The highest BCUT2D eigenvalue weighted by Gasteiger charge is 2.38. The Kier molecular flexibility index (Phi) is 10.0. The summed E-state index contributed by atoms with van der Waals surface area (Å²) in [5.41, 5.74) is 16.5. The van der Waals surface area contributed by atoms with E-state index in [0.717, 1.165) is 39.3 Å². The highest BCUT2D eigenvalue weighted by molar-refractivity contribution is 6.15. The number of hydrogen-bond acceptors (Lipinski definition) is 2. The molecular formula is C70H48N2. The molecule has 2 atom stereocenters. The predicted molar refractivity (Wildman–Crippen MR) is 305 cm³/mol. The molecule has 0 fully saturated rings. The summed E-state index contributed by atoms with van der Waals surface area (Å²) in [6.07, 6.45) is 4.96. The van der Waals surface area contributed by atoms with Gasteiger partial charge in [0.15, 0.2) is 0 Å². The zero-order valence-electron chi connectivity index (χ0n) is 39.6. The van der Waals surface area contributed by atoms with Crippen LogP contribution in [0.25, 0.3) is 89.0 Å². The molecule has 0 radical (unpaired) electrons. The third-order valence-electron chi connectivity index (χ3n) is 15.2. The summed E-state index contributed by atoms with van der Waals surface area (Å²) in [4.78, 5) is 5.08. The minimum atomic E-state index is 0.140. The molecule has 0 saturated heterocycles. The first-order valence-corrected chi connectivity index (χ1v) is 25.1. The summed E-state index contributed by atoms with van der Waals surface area (Å²) in [7, 11) is 0. The van der Waals surface area contributed by atoms with Crippen molar-refractivity contribution in [3.8, 4) is 44.5 Å². The minimum absolute atomic E-state index is 0.140. The first kappa shape index (κ1) is 41.7. The first-order valence-electron chi connectivity index (χ1n) is 25.1. The van der Waals surface area contributed by atoms with E-state index in [9.17, 15) is 0 Å². The molecule has 14 rings (SSSR count). The molecule has 338 valence electrons. The van der Waals surface area contributed by atoms with E-state index in [1.807, 2.05) is 0 Å². The molecule has 0 amide bonds. The lowest BCUT2D eigenvalue weighted by molar-refractivity contribution is 0.802. The van der Waals surface area contributed by atoms with Crippen LogP contribution >= 0.6 is 0 Å². The number of rotatable bonds is 8. The fraction of sp³-hybridized carbons (Fsp3) is 0.0286. The van der Waals surface area contributed by atoms with Crippen LogP contribution in [0, 0.1) is 0 Å². The van der Waals surface area contributed by atoms with Crippen LogP contribution in [0.1, 0.15) is 11.5 Å². The summed E-state index contributed by atoms with van der Waals surface area (Å²) in [6, 6.07) is 98.5. The Labute approximate surface area is 420 Å². The second-order valence-electron chi connectivity index (χ2n) is 19.1. The van der Waals surface area contributed by atoms with Gasteiger partial charge in [-0.15, -0.1) is 0 Å². The first-order chi connectivity index (χ1) is 35.7. The van der Waals surface area contributed by atoms with Crippen molar-refractivity contribution in [2.24, 2.45) is 0 Å². The standard InChI is InChI=1S/C70H48N2/c1-2-19-48(20-3-1)63-44-53(58-28-12-15-34-66(58)72-68-36-17-14-32-62(68)65-43-50-22-4-5-23-51(50)46-70(65)72)39-42-69(63)71(54-40-37-49(38-41-54)56-33-18-25-47-21-6-8-26-55(47)56)67-35-16-13-31-61(67)64-45-52-24-7-9-27-57(52)59-29-10-11-30-60(59)64/h1-46,65,70H. The number of para-hydroxylation sites is 3. The van der Waals surface area contributed by atoms with Gasteiger partial charge in [0.1, 0.15) is 0 Å². The molecule has 0 N–H and O–H groups in total. The lowest BCUT2D eigenvalue weighted by Crippen LogP contribution is -2.38. The van der Waals surface area contributed by atoms with E-state index in [2.05, 4.69) is 289 Å². The lowest BCUT2D eigenvalue weighted by atomic mass is 9.89. The highest BCUT2D eigenvalue weighted by Crippen LogP contribution is 2.52. The van der Waals surface area contributed by atoms with Crippen LogP contribution in [0.5, 0.6) is 0 Å². The SMILES string of the molecule is C1=c2ccccc2=CC2C1c1ccccc1N2c1ccccc1-c1ccc(N(c2ccc(-c3cccc4ccccc34)cc2)c2ccccc2-c2cc3ccccc3c3ccccc23)c(-c2ccccc2)c1.